The monoisotopic (exact) mass is 640 g/mol. The zero-order chi connectivity index (χ0) is 30.4. The summed E-state index contributed by atoms with van der Waals surface area (Å²) in [4.78, 5) is 34.4. The van der Waals surface area contributed by atoms with Gasteiger partial charge in [-0.05, 0) is 47.7 Å². The van der Waals surface area contributed by atoms with E-state index in [0.29, 0.717) is 38.5 Å². The van der Waals surface area contributed by atoms with Crippen molar-refractivity contribution in [2.24, 2.45) is 5.92 Å². The Morgan fingerprint density at radius 1 is 1.00 bits per heavy atom. The summed E-state index contributed by atoms with van der Waals surface area (Å²) in [6, 6.07) is 18.9. The number of carboxylic acid groups (broad SMARTS) is 1. The maximum absolute atomic E-state index is 13.7. The number of aliphatic carboxylic acids is 1. The maximum Gasteiger partial charge on any atom is 0.304 e. The number of aromatic nitrogens is 2. The summed E-state index contributed by atoms with van der Waals surface area (Å²) in [7, 11) is -4.01. The molecule has 0 radical (unpaired) electrons. The summed E-state index contributed by atoms with van der Waals surface area (Å²) < 4.78 is 28.5. The van der Waals surface area contributed by atoms with Crippen LogP contribution in [0.25, 0.3) is 10.3 Å². The average molecular weight is 641 g/mol. The molecule has 0 saturated heterocycles. The molecule has 12 heteroatoms. The molecule has 1 saturated carbocycles. The number of hydrogen-bond donors (Lipinski definition) is 2. The lowest BCUT2D eigenvalue weighted by atomic mass is 9.80. The molecular formula is C31H33ClN4O5S2. The topological polar surface area (TPSA) is 130 Å². The number of hydrogen-bond acceptors (Lipinski definition) is 7. The van der Waals surface area contributed by atoms with Crippen molar-refractivity contribution in [1.82, 2.24) is 14.3 Å². The molecule has 2 aromatic heterocycles. The minimum Gasteiger partial charge on any atom is -0.481 e. The lowest BCUT2D eigenvalue weighted by Gasteiger charge is -2.26. The maximum atomic E-state index is 13.7. The fraction of sp³-hybridized carbons (Fsp3) is 0.355. The molecular weight excluding hydrogens is 608 g/mol. The molecule has 226 valence electrons. The van der Waals surface area contributed by atoms with Crippen LogP contribution in [-0.4, -0.2) is 46.2 Å². The highest BCUT2D eigenvalue weighted by Crippen LogP contribution is 2.35. The van der Waals surface area contributed by atoms with Gasteiger partial charge in [0.1, 0.15) is 15.5 Å². The van der Waals surface area contributed by atoms with E-state index in [1.54, 1.807) is 36.4 Å². The molecule has 1 aliphatic carbocycles. The van der Waals surface area contributed by atoms with Crippen molar-refractivity contribution >= 4 is 60.3 Å². The second-order valence-corrected chi connectivity index (χ2v) is 14.1. The molecule has 0 spiro atoms. The Hall–Kier alpha value is -3.38. The van der Waals surface area contributed by atoms with Gasteiger partial charge in [-0.15, -0.1) is 0 Å². The lowest BCUT2D eigenvalue weighted by Crippen LogP contribution is -2.32. The number of carbonyl (C=O) groups excluding carboxylic acids is 1. The molecule has 1 fully saturated rings. The molecule has 2 N–H and O–H groups in total. The molecule has 0 bridgehead atoms. The number of nitrogens with one attached hydrogen (secondary N) is 1. The summed E-state index contributed by atoms with van der Waals surface area (Å²) in [5, 5.41) is 13.0. The van der Waals surface area contributed by atoms with Crippen molar-refractivity contribution in [1.29, 1.82) is 0 Å². The first-order valence-electron chi connectivity index (χ1n) is 14.3. The van der Waals surface area contributed by atoms with E-state index in [-0.39, 0.29) is 30.3 Å². The Kier molecular flexibility index (Phi) is 10.1. The summed E-state index contributed by atoms with van der Waals surface area (Å²) in [6.07, 6.45) is 5.90. The van der Waals surface area contributed by atoms with Crippen molar-refractivity contribution in [2.45, 2.75) is 62.3 Å². The van der Waals surface area contributed by atoms with Crippen molar-refractivity contribution in [3.05, 3.63) is 83.0 Å². The minimum absolute atomic E-state index is 0.0449. The number of carbonyl (C=O) groups is 2. The van der Waals surface area contributed by atoms with Crippen LogP contribution in [-0.2, 0) is 26.2 Å². The Balaban J connectivity index is 1.39. The van der Waals surface area contributed by atoms with Crippen LogP contribution in [0.15, 0.2) is 71.6 Å². The molecule has 1 aliphatic rings. The van der Waals surface area contributed by atoms with E-state index in [1.807, 2.05) is 18.2 Å². The number of pyridine rings is 1. The van der Waals surface area contributed by atoms with Gasteiger partial charge >= 0.3 is 5.97 Å². The zero-order valence-corrected chi connectivity index (χ0v) is 25.9. The predicted molar refractivity (Wildman–Crippen MR) is 168 cm³/mol. The fourth-order valence-electron chi connectivity index (χ4n) is 5.50. The minimum atomic E-state index is -4.01. The number of sulfonamides is 1. The summed E-state index contributed by atoms with van der Waals surface area (Å²) in [5.41, 5.74) is 2.11. The van der Waals surface area contributed by atoms with Gasteiger partial charge in [-0.1, -0.05) is 97.5 Å². The van der Waals surface area contributed by atoms with Crippen LogP contribution < -0.4 is 5.32 Å². The van der Waals surface area contributed by atoms with Crippen LogP contribution >= 0.6 is 22.9 Å². The van der Waals surface area contributed by atoms with E-state index >= 15 is 0 Å². The predicted octanol–water partition coefficient (Wildman–Crippen LogP) is 6.70. The molecule has 5 rings (SSSR count). The SMILES string of the molecule is O=C(O)CCN(Cc1ccccc1)S(=O)(=O)c1ccc(C(CC2CCCCC2)C(=O)Nc2nc3ccc(Cl)nc3s2)cc1. The van der Waals surface area contributed by atoms with Crippen LogP contribution in [0.1, 0.15) is 62.0 Å². The highest BCUT2D eigenvalue weighted by atomic mass is 35.5. The number of anilines is 1. The number of nitrogens with zero attached hydrogens (tertiary/aromatic N) is 3. The van der Waals surface area contributed by atoms with Crippen LogP contribution in [0.2, 0.25) is 5.15 Å². The van der Waals surface area contributed by atoms with Crippen molar-refractivity contribution in [3.63, 3.8) is 0 Å². The van der Waals surface area contributed by atoms with Gasteiger partial charge in [0.2, 0.25) is 15.9 Å². The third kappa shape index (κ3) is 7.97. The lowest BCUT2D eigenvalue weighted by molar-refractivity contribution is -0.137. The largest absolute Gasteiger partial charge is 0.481 e. The van der Waals surface area contributed by atoms with E-state index in [4.69, 9.17) is 11.6 Å². The smallest absolute Gasteiger partial charge is 0.304 e. The van der Waals surface area contributed by atoms with Crippen LogP contribution in [0.4, 0.5) is 5.13 Å². The average Bonchev–Trinajstić information content (AvgIpc) is 3.40. The molecule has 0 aliphatic heterocycles. The highest BCUT2D eigenvalue weighted by Gasteiger charge is 2.29. The molecule has 1 atom stereocenters. The van der Waals surface area contributed by atoms with E-state index < -0.39 is 21.9 Å². The Labute approximate surface area is 260 Å². The first-order valence-corrected chi connectivity index (χ1v) is 16.9. The summed E-state index contributed by atoms with van der Waals surface area (Å²) in [6.45, 7) is -0.115. The summed E-state index contributed by atoms with van der Waals surface area (Å²) >= 11 is 7.27. The van der Waals surface area contributed by atoms with Crippen molar-refractivity contribution < 1.29 is 23.1 Å². The standard InChI is InChI=1S/C31H33ClN4O5S2/c32-27-16-15-26-30(34-27)42-31(33-26)35-29(39)25(19-21-7-3-1-4-8-21)23-11-13-24(14-12-23)43(40,41)36(18-17-28(37)38)20-22-9-5-2-6-10-22/h2,5-6,9-16,21,25H,1,3-4,7-8,17-20H2,(H,37,38)(H,33,35,39). The Bertz CT molecular complexity index is 1670. The summed E-state index contributed by atoms with van der Waals surface area (Å²) in [5.74, 6) is -1.40. The molecule has 2 aromatic carbocycles. The number of rotatable bonds is 12. The van der Waals surface area contributed by atoms with Crippen LogP contribution in [0.3, 0.4) is 0 Å². The molecule has 43 heavy (non-hydrogen) atoms. The van der Waals surface area contributed by atoms with Gasteiger partial charge in [0.15, 0.2) is 5.13 Å². The first-order chi connectivity index (χ1) is 20.7. The second kappa shape index (κ2) is 13.9. The molecule has 1 amide bonds. The van der Waals surface area contributed by atoms with Gasteiger partial charge in [0.05, 0.1) is 17.2 Å². The van der Waals surface area contributed by atoms with Crippen LogP contribution in [0.5, 0.6) is 0 Å². The highest BCUT2D eigenvalue weighted by molar-refractivity contribution is 7.89. The van der Waals surface area contributed by atoms with Crippen molar-refractivity contribution in [3.8, 4) is 0 Å². The van der Waals surface area contributed by atoms with Crippen molar-refractivity contribution in [2.75, 3.05) is 11.9 Å². The van der Waals surface area contributed by atoms with E-state index in [9.17, 15) is 23.1 Å². The van der Waals surface area contributed by atoms with E-state index in [0.717, 1.165) is 31.2 Å². The van der Waals surface area contributed by atoms with E-state index in [1.165, 1.54) is 34.2 Å². The molecule has 4 aromatic rings. The van der Waals surface area contributed by atoms with Gasteiger partial charge in [0, 0.05) is 13.1 Å². The van der Waals surface area contributed by atoms with Crippen LogP contribution in [0, 0.1) is 5.92 Å². The van der Waals surface area contributed by atoms with Gasteiger partial charge < -0.3 is 10.4 Å². The first kappa shape index (κ1) is 31.1. The van der Waals surface area contributed by atoms with Gasteiger partial charge in [-0.3, -0.25) is 9.59 Å². The molecule has 1 unspecified atom stereocenters. The van der Waals surface area contributed by atoms with E-state index in [2.05, 4.69) is 15.3 Å². The molecule has 2 heterocycles. The molecule has 9 nitrogen and oxygen atoms in total. The Morgan fingerprint density at radius 3 is 2.42 bits per heavy atom. The second-order valence-electron chi connectivity index (χ2n) is 10.8. The number of carboxylic acids is 1. The normalized spacial score (nSPS) is 15.0. The Morgan fingerprint density at radius 2 is 1.72 bits per heavy atom. The fourth-order valence-corrected chi connectivity index (χ4v) is 7.97. The number of amides is 1. The number of benzene rings is 2. The third-order valence-electron chi connectivity index (χ3n) is 7.76. The number of fused-ring (bicyclic) bond motifs is 1. The number of halogens is 1. The van der Waals surface area contributed by atoms with Gasteiger partial charge in [-0.25, -0.2) is 18.4 Å². The van der Waals surface area contributed by atoms with Gasteiger partial charge in [0.25, 0.3) is 0 Å². The number of thiazole rings is 1. The zero-order valence-electron chi connectivity index (χ0n) is 23.5. The van der Waals surface area contributed by atoms with Gasteiger partial charge in [-0.2, -0.15) is 4.31 Å². The quantitative estimate of drug-likeness (QED) is 0.165. The third-order valence-corrected chi connectivity index (χ3v) is 10.7.